The topological polar surface area (TPSA) is 79.7 Å². The average molecular weight is 454 g/mol. The van der Waals surface area contributed by atoms with E-state index in [9.17, 15) is 18.0 Å². The van der Waals surface area contributed by atoms with E-state index in [4.69, 9.17) is 0 Å². The third kappa shape index (κ3) is 4.08. The fraction of sp³-hybridized carbons (Fsp3) is 0.304. The summed E-state index contributed by atoms with van der Waals surface area (Å²) in [5.41, 5.74) is 1.93. The van der Waals surface area contributed by atoms with E-state index >= 15 is 0 Å². The summed E-state index contributed by atoms with van der Waals surface area (Å²) in [4.78, 5) is 24.0. The van der Waals surface area contributed by atoms with Crippen LogP contribution in [-0.2, 0) is 13.5 Å². The molecule has 1 N–H and O–H groups in total. The standard InChI is InChI=1S/C23H21F3N6O/c1-31-29-21(13-5-7-14(24)8-6-13)22(30-31)23(33)32-9-3-2-4-15(32)10-20-27-18-11-16(25)17(26)12-19(18)28-20/h5-8,11-12,15H,2-4,9-10H2,1H3,(H,27,28). The first-order chi connectivity index (χ1) is 15.9. The van der Waals surface area contributed by atoms with Crippen LogP contribution in [0, 0.1) is 17.5 Å². The van der Waals surface area contributed by atoms with Crippen LogP contribution < -0.4 is 0 Å². The van der Waals surface area contributed by atoms with Crippen molar-refractivity contribution in [1.82, 2.24) is 29.9 Å². The van der Waals surface area contributed by atoms with Crippen LogP contribution in [0.1, 0.15) is 35.6 Å². The molecule has 3 heterocycles. The number of benzene rings is 2. The highest BCUT2D eigenvalue weighted by molar-refractivity contribution is 5.98. The quantitative estimate of drug-likeness (QED) is 0.505. The lowest BCUT2D eigenvalue weighted by Gasteiger charge is -2.35. The third-order valence-corrected chi connectivity index (χ3v) is 5.92. The monoisotopic (exact) mass is 454 g/mol. The van der Waals surface area contributed by atoms with Gasteiger partial charge in [-0.25, -0.2) is 18.2 Å². The van der Waals surface area contributed by atoms with Crippen molar-refractivity contribution in [3.63, 3.8) is 0 Å². The molecule has 1 aliphatic rings. The molecule has 1 amide bonds. The van der Waals surface area contributed by atoms with Gasteiger partial charge in [0.25, 0.3) is 5.91 Å². The van der Waals surface area contributed by atoms with Gasteiger partial charge >= 0.3 is 0 Å². The number of imidazole rings is 1. The van der Waals surface area contributed by atoms with E-state index in [0.717, 1.165) is 31.4 Å². The molecule has 0 bridgehead atoms. The summed E-state index contributed by atoms with van der Waals surface area (Å²) in [6.45, 7) is 0.548. The Balaban J connectivity index is 1.43. The van der Waals surface area contributed by atoms with Gasteiger partial charge in [0.2, 0.25) is 0 Å². The number of hydrogen-bond acceptors (Lipinski definition) is 4. The summed E-state index contributed by atoms with van der Waals surface area (Å²) < 4.78 is 40.5. The van der Waals surface area contributed by atoms with E-state index in [1.54, 1.807) is 24.1 Å². The number of fused-ring (bicyclic) bond motifs is 1. The lowest BCUT2D eigenvalue weighted by molar-refractivity contribution is 0.0605. The zero-order valence-corrected chi connectivity index (χ0v) is 17.9. The van der Waals surface area contributed by atoms with Crippen LogP contribution in [0.4, 0.5) is 13.2 Å². The molecule has 0 aliphatic carbocycles. The average Bonchev–Trinajstić information content (AvgIpc) is 3.37. The zero-order chi connectivity index (χ0) is 23.1. The van der Waals surface area contributed by atoms with Gasteiger partial charge in [0, 0.05) is 43.8 Å². The Bertz CT molecular complexity index is 1290. The van der Waals surface area contributed by atoms with Gasteiger partial charge in [0.1, 0.15) is 17.3 Å². The first-order valence-corrected chi connectivity index (χ1v) is 10.7. The predicted octanol–water partition coefficient (Wildman–Crippen LogP) is 4.01. The van der Waals surface area contributed by atoms with Crippen molar-refractivity contribution in [2.45, 2.75) is 31.7 Å². The number of amides is 1. The van der Waals surface area contributed by atoms with Gasteiger partial charge in [-0.1, -0.05) is 0 Å². The van der Waals surface area contributed by atoms with Crippen LogP contribution in [0.3, 0.4) is 0 Å². The Morgan fingerprint density at radius 2 is 1.85 bits per heavy atom. The molecule has 1 aliphatic heterocycles. The van der Waals surface area contributed by atoms with E-state index in [0.29, 0.717) is 41.1 Å². The van der Waals surface area contributed by atoms with Crippen molar-refractivity contribution >= 4 is 16.9 Å². The number of piperidine rings is 1. The summed E-state index contributed by atoms with van der Waals surface area (Å²) in [5, 5.41) is 8.62. The maximum atomic E-state index is 13.6. The SMILES string of the molecule is Cn1nc(C(=O)N2CCCCC2Cc2nc3cc(F)c(F)cc3[nH]2)c(-c2ccc(F)cc2)n1. The Hall–Kier alpha value is -3.69. The zero-order valence-electron chi connectivity index (χ0n) is 17.9. The van der Waals surface area contributed by atoms with Crippen molar-refractivity contribution in [1.29, 1.82) is 0 Å². The molecule has 0 radical (unpaired) electrons. The first kappa shape index (κ1) is 21.2. The van der Waals surface area contributed by atoms with Crippen molar-refractivity contribution in [3.8, 4) is 11.3 Å². The first-order valence-electron chi connectivity index (χ1n) is 10.7. The smallest absolute Gasteiger partial charge is 0.276 e. The van der Waals surface area contributed by atoms with Crippen LogP contribution in [0.2, 0.25) is 0 Å². The number of H-pyrrole nitrogens is 1. The minimum Gasteiger partial charge on any atom is -0.342 e. The molecule has 1 unspecified atom stereocenters. The Kier molecular flexibility index (Phi) is 5.35. The summed E-state index contributed by atoms with van der Waals surface area (Å²) in [7, 11) is 1.63. The summed E-state index contributed by atoms with van der Waals surface area (Å²) in [6, 6.07) is 7.74. The molecule has 4 aromatic rings. The molecule has 33 heavy (non-hydrogen) atoms. The van der Waals surface area contributed by atoms with E-state index in [1.165, 1.54) is 16.9 Å². The van der Waals surface area contributed by atoms with Crippen molar-refractivity contribution in [2.75, 3.05) is 6.54 Å². The Labute approximate surface area is 187 Å². The molecular formula is C23H21F3N6O. The normalized spacial score (nSPS) is 16.5. The molecule has 170 valence electrons. The van der Waals surface area contributed by atoms with Crippen LogP contribution in [0.25, 0.3) is 22.3 Å². The molecule has 1 saturated heterocycles. The third-order valence-electron chi connectivity index (χ3n) is 5.92. The molecule has 2 aromatic heterocycles. The number of aromatic amines is 1. The fourth-order valence-electron chi connectivity index (χ4n) is 4.35. The van der Waals surface area contributed by atoms with Gasteiger partial charge in [0.15, 0.2) is 17.3 Å². The molecule has 1 fully saturated rings. The number of rotatable bonds is 4. The second-order valence-electron chi connectivity index (χ2n) is 8.21. The molecule has 10 heteroatoms. The van der Waals surface area contributed by atoms with Gasteiger partial charge in [-0.3, -0.25) is 4.79 Å². The highest BCUT2D eigenvalue weighted by atomic mass is 19.2. The summed E-state index contributed by atoms with van der Waals surface area (Å²) in [6.07, 6.45) is 2.97. The number of nitrogens with zero attached hydrogens (tertiary/aromatic N) is 5. The van der Waals surface area contributed by atoms with Gasteiger partial charge < -0.3 is 9.88 Å². The van der Waals surface area contributed by atoms with E-state index in [-0.39, 0.29) is 23.5 Å². The lowest BCUT2D eigenvalue weighted by atomic mass is 9.98. The number of carbonyl (C=O) groups excluding carboxylic acids is 1. The fourth-order valence-corrected chi connectivity index (χ4v) is 4.35. The predicted molar refractivity (Wildman–Crippen MR) is 115 cm³/mol. The number of nitrogens with one attached hydrogen (secondary N) is 1. The molecular weight excluding hydrogens is 433 g/mol. The second-order valence-corrected chi connectivity index (χ2v) is 8.21. The maximum absolute atomic E-state index is 13.6. The van der Waals surface area contributed by atoms with Gasteiger partial charge in [-0.05, 0) is 43.5 Å². The minimum atomic E-state index is -0.953. The molecule has 5 rings (SSSR count). The van der Waals surface area contributed by atoms with Crippen molar-refractivity contribution < 1.29 is 18.0 Å². The number of aromatic nitrogens is 5. The Morgan fingerprint density at radius 1 is 1.09 bits per heavy atom. The van der Waals surface area contributed by atoms with E-state index < -0.39 is 11.6 Å². The largest absolute Gasteiger partial charge is 0.342 e. The molecule has 0 saturated carbocycles. The second kappa shape index (κ2) is 8.34. The summed E-state index contributed by atoms with van der Waals surface area (Å²) in [5.74, 6) is -1.98. The molecule has 0 spiro atoms. The highest BCUT2D eigenvalue weighted by Gasteiger charge is 2.32. The van der Waals surface area contributed by atoms with Crippen molar-refractivity contribution in [2.24, 2.45) is 7.05 Å². The van der Waals surface area contributed by atoms with Crippen molar-refractivity contribution in [3.05, 3.63) is 65.4 Å². The molecule has 2 aromatic carbocycles. The molecule has 1 atom stereocenters. The number of aryl methyl sites for hydroxylation is 1. The summed E-state index contributed by atoms with van der Waals surface area (Å²) >= 11 is 0. The van der Waals surface area contributed by atoms with Gasteiger partial charge in [-0.15, -0.1) is 5.10 Å². The Morgan fingerprint density at radius 3 is 2.64 bits per heavy atom. The van der Waals surface area contributed by atoms with Crippen LogP contribution >= 0.6 is 0 Å². The van der Waals surface area contributed by atoms with Crippen LogP contribution in [0.5, 0.6) is 0 Å². The van der Waals surface area contributed by atoms with Crippen LogP contribution in [0.15, 0.2) is 36.4 Å². The maximum Gasteiger partial charge on any atom is 0.276 e. The minimum absolute atomic E-state index is 0.162. The van der Waals surface area contributed by atoms with Gasteiger partial charge in [-0.2, -0.15) is 9.90 Å². The number of carbonyl (C=O) groups is 1. The van der Waals surface area contributed by atoms with E-state index in [1.807, 2.05) is 0 Å². The lowest BCUT2D eigenvalue weighted by Crippen LogP contribution is -2.45. The molecule has 7 nitrogen and oxygen atoms in total. The number of halogens is 3. The van der Waals surface area contributed by atoms with Gasteiger partial charge in [0.05, 0.1) is 11.0 Å². The van der Waals surface area contributed by atoms with Crippen LogP contribution in [-0.4, -0.2) is 48.4 Å². The highest BCUT2D eigenvalue weighted by Crippen LogP contribution is 2.27. The number of hydrogen-bond donors (Lipinski definition) is 1. The van der Waals surface area contributed by atoms with E-state index in [2.05, 4.69) is 20.2 Å². The number of likely N-dealkylation sites (tertiary alicyclic amines) is 1.